The molecule has 0 unspecified atom stereocenters. The van der Waals surface area contributed by atoms with Gasteiger partial charge >= 0.3 is 5.97 Å². The number of hydrogen-bond acceptors (Lipinski definition) is 5. The molecule has 2 aliphatic heterocycles. The Morgan fingerprint density at radius 1 is 0.917 bits per heavy atom. The van der Waals surface area contributed by atoms with Gasteiger partial charge in [-0.15, -0.1) is 0 Å². The number of carbonyl (C=O) groups is 4. The van der Waals surface area contributed by atoms with E-state index >= 15 is 0 Å². The molecule has 2 saturated heterocycles. The molecular formula is C27H26Br2N2O5. The summed E-state index contributed by atoms with van der Waals surface area (Å²) in [5.41, 5.74) is 3.03. The van der Waals surface area contributed by atoms with Gasteiger partial charge in [0.2, 0.25) is 17.7 Å². The van der Waals surface area contributed by atoms with E-state index in [9.17, 15) is 19.2 Å². The SMILES string of the molecule is Cc1ccc(N2C[C@H](C(=O)Oc3ccc(N4C(=O)[C@H]5C[C@@H](Br)[C@@H](Br)C[C@H]5C4=O)c(C)c3)CC2=O)cc1. The monoisotopic (exact) mass is 616 g/mol. The van der Waals surface area contributed by atoms with Gasteiger partial charge < -0.3 is 9.64 Å². The van der Waals surface area contributed by atoms with Crippen LogP contribution in [-0.2, 0) is 19.2 Å². The maximum atomic E-state index is 13.1. The van der Waals surface area contributed by atoms with Crippen LogP contribution in [0.2, 0.25) is 0 Å². The van der Waals surface area contributed by atoms with Crippen LogP contribution in [0.25, 0.3) is 0 Å². The molecular weight excluding hydrogens is 592 g/mol. The molecule has 1 aliphatic carbocycles. The quantitative estimate of drug-likeness (QED) is 0.215. The number of imide groups is 1. The van der Waals surface area contributed by atoms with Crippen molar-refractivity contribution in [2.75, 3.05) is 16.3 Å². The van der Waals surface area contributed by atoms with Gasteiger partial charge in [-0.3, -0.25) is 19.2 Å². The maximum Gasteiger partial charge on any atom is 0.316 e. The summed E-state index contributed by atoms with van der Waals surface area (Å²) in [6.07, 6.45) is 1.30. The molecule has 5 atom stereocenters. The van der Waals surface area contributed by atoms with Crippen LogP contribution >= 0.6 is 31.9 Å². The molecule has 2 heterocycles. The van der Waals surface area contributed by atoms with Crippen LogP contribution in [0.4, 0.5) is 11.4 Å². The summed E-state index contributed by atoms with van der Waals surface area (Å²) in [7, 11) is 0. The summed E-state index contributed by atoms with van der Waals surface area (Å²) >= 11 is 7.22. The van der Waals surface area contributed by atoms with Crippen molar-refractivity contribution in [3.63, 3.8) is 0 Å². The van der Waals surface area contributed by atoms with Crippen molar-refractivity contribution >= 4 is 66.9 Å². The number of fused-ring (bicyclic) bond motifs is 1. The highest BCUT2D eigenvalue weighted by Gasteiger charge is 2.52. The zero-order valence-electron chi connectivity index (χ0n) is 19.9. The van der Waals surface area contributed by atoms with Crippen molar-refractivity contribution in [3.05, 3.63) is 53.6 Å². The second kappa shape index (κ2) is 9.74. The highest BCUT2D eigenvalue weighted by molar-refractivity contribution is 9.12. The minimum Gasteiger partial charge on any atom is -0.426 e. The maximum absolute atomic E-state index is 13.1. The van der Waals surface area contributed by atoms with Gasteiger partial charge in [-0.05, 0) is 62.6 Å². The molecule has 7 nitrogen and oxygen atoms in total. The molecule has 3 aliphatic rings. The zero-order valence-corrected chi connectivity index (χ0v) is 23.1. The van der Waals surface area contributed by atoms with E-state index in [2.05, 4.69) is 31.9 Å². The number of esters is 1. The van der Waals surface area contributed by atoms with Crippen molar-refractivity contribution in [1.82, 2.24) is 0 Å². The lowest BCUT2D eigenvalue weighted by Gasteiger charge is -2.29. The molecule has 0 N–H and O–H groups in total. The lowest BCUT2D eigenvalue weighted by molar-refractivity contribution is -0.139. The fourth-order valence-electron chi connectivity index (χ4n) is 5.31. The second-order valence-corrected chi connectivity index (χ2v) is 12.2. The Labute approximate surface area is 226 Å². The second-order valence-electron chi connectivity index (χ2n) is 9.84. The largest absolute Gasteiger partial charge is 0.426 e. The molecule has 5 rings (SSSR count). The van der Waals surface area contributed by atoms with Gasteiger partial charge in [0.05, 0.1) is 23.4 Å². The Hall–Kier alpha value is -2.52. The Morgan fingerprint density at radius 2 is 1.53 bits per heavy atom. The van der Waals surface area contributed by atoms with E-state index in [1.807, 2.05) is 31.2 Å². The predicted octanol–water partition coefficient (Wildman–Crippen LogP) is 4.69. The summed E-state index contributed by atoms with van der Waals surface area (Å²) in [5.74, 6) is -1.86. The molecule has 3 amide bonds. The first-order valence-electron chi connectivity index (χ1n) is 12.0. The summed E-state index contributed by atoms with van der Waals surface area (Å²) < 4.78 is 5.61. The van der Waals surface area contributed by atoms with E-state index in [0.717, 1.165) is 11.3 Å². The summed E-state index contributed by atoms with van der Waals surface area (Å²) in [5, 5.41) is 0. The van der Waals surface area contributed by atoms with Crippen LogP contribution in [0.3, 0.4) is 0 Å². The Balaban J connectivity index is 1.28. The average Bonchev–Trinajstić information content (AvgIpc) is 3.33. The van der Waals surface area contributed by atoms with Crippen LogP contribution in [0.15, 0.2) is 42.5 Å². The minimum absolute atomic E-state index is 0.0897. The lowest BCUT2D eigenvalue weighted by atomic mass is 9.81. The molecule has 9 heteroatoms. The third kappa shape index (κ3) is 4.52. The van der Waals surface area contributed by atoms with Crippen molar-refractivity contribution < 1.29 is 23.9 Å². The number of amides is 3. The van der Waals surface area contributed by atoms with Crippen LogP contribution < -0.4 is 14.5 Å². The number of rotatable bonds is 4. The van der Waals surface area contributed by atoms with Crippen LogP contribution in [0, 0.1) is 31.6 Å². The van der Waals surface area contributed by atoms with Gasteiger partial charge in [0.25, 0.3) is 0 Å². The fraction of sp³-hybridized carbons (Fsp3) is 0.407. The van der Waals surface area contributed by atoms with Crippen LogP contribution in [-0.4, -0.2) is 39.9 Å². The third-order valence-corrected chi connectivity index (χ3v) is 10.1. The zero-order chi connectivity index (χ0) is 25.7. The van der Waals surface area contributed by atoms with Crippen LogP contribution in [0.1, 0.15) is 30.4 Å². The molecule has 2 aromatic carbocycles. The predicted molar refractivity (Wildman–Crippen MR) is 143 cm³/mol. The fourth-order valence-corrected chi connectivity index (χ4v) is 6.55. The number of ether oxygens (including phenoxy) is 1. The molecule has 188 valence electrons. The first-order chi connectivity index (χ1) is 17.1. The highest BCUT2D eigenvalue weighted by atomic mass is 79.9. The number of anilines is 2. The van der Waals surface area contributed by atoms with E-state index in [4.69, 9.17) is 4.74 Å². The van der Waals surface area contributed by atoms with Crippen molar-refractivity contribution in [2.24, 2.45) is 17.8 Å². The number of halogens is 2. The number of alkyl halides is 2. The molecule has 36 heavy (non-hydrogen) atoms. The molecule has 0 bridgehead atoms. The first-order valence-corrected chi connectivity index (χ1v) is 13.8. The van der Waals surface area contributed by atoms with Gasteiger partial charge in [-0.25, -0.2) is 4.90 Å². The van der Waals surface area contributed by atoms with Crippen molar-refractivity contribution in [3.8, 4) is 5.75 Å². The van der Waals surface area contributed by atoms with E-state index < -0.39 is 11.9 Å². The number of hydrogen-bond donors (Lipinski definition) is 0. The minimum atomic E-state index is -0.571. The van der Waals surface area contributed by atoms with Crippen LogP contribution in [0.5, 0.6) is 5.75 Å². The first kappa shape index (κ1) is 25.1. The number of aryl methyl sites for hydroxylation is 2. The number of carbonyl (C=O) groups excluding carboxylic acids is 4. The number of benzene rings is 2. The van der Waals surface area contributed by atoms with Gasteiger partial charge in [-0.2, -0.15) is 0 Å². The topological polar surface area (TPSA) is 84.0 Å². The standard InChI is InChI=1S/C27H26Br2N2O5/c1-14-3-5-17(6-4-14)30-13-16(10-24(30)32)27(35)36-18-7-8-23(15(2)9-18)31-25(33)19-11-21(28)22(29)12-20(19)26(31)34/h3-9,16,19-22H,10-13H2,1-2H3/t16-,19-,20+,21+,22-/m1/s1. The van der Waals surface area contributed by atoms with Gasteiger partial charge in [0.1, 0.15) is 5.75 Å². The Kier molecular flexibility index (Phi) is 6.80. The van der Waals surface area contributed by atoms with E-state index in [-0.39, 0.29) is 52.2 Å². The summed E-state index contributed by atoms with van der Waals surface area (Å²) in [6.45, 7) is 4.03. The highest BCUT2D eigenvalue weighted by Crippen LogP contribution is 2.45. The van der Waals surface area contributed by atoms with Gasteiger partial charge in [-0.1, -0.05) is 49.6 Å². The molecule has 3 fully saturated rings. The molecule has 0 spiro atoms. The molecule has 1 saturated carbocycles. The Bertz CT molecular complexity index is 1220. The normalized spacial score (nSPS) is 28.0. The smallest absolute Gasteiger partial charge is 0.316 e. The number of nitrogens with zero attached hydrogens (tertiary/aromatic N) is 2. The van der Waals surface area contributed by atoms with E-state index in [1.165, 1.54) is 4.90 Å². The van der Waals surface area contributed by atoms with Crippen molar-refractivity contribution in [2.45, 2.75) is 42.8 Å². The Morgan fingerprint density at radius 3 is 2.11 bits per heavy atom. The third-order valence-electron chi connectivity index (χ3n) is 7.34. The van der Waals surface area contributed by atoms with Gasteiger partial charge in [0, 0.05) is 28.3 Å². The lowest BCUT2D eigenvalue weighted by Crippen LogP contribution is -2.34. The molecule has 0 radical (unpaired) electrons. The average molecular weight is 618 g/mol. The molecule has 2 aromatic rings. The van der Waals surface area contributed by atoms with E-state index in [0.29, 0.717) is 29.8 Å². The van der Waals surface area contributed by atoms with Gasteiger partial charge in [0.15, 0.2) is 0 Å². The summed E-state index contributed by atoms with van der Waals surface area (Å²) in [4.78, 5) is 54.8. The summed E-state index contributed by atoms with van der Waals surface area (Å²) in [6, 6.07) is 12.5. The van der Waals surface area contributed by atoms with Crippen molar-refractivity contribution in [1.29, 1.82) is 0 Å². The molecule has 0 aromatic heterocycles. The van der Waals surface area contributed by atoms with E-state index in [1.54, 1.807) is 30.0 Å².